The van der Waals surface area contributed by atoms with Gasteiger partial charge in [0, 0.05) is 49.6 Å². The number of aliphatic imine (C=N–C) groups is 1. The van der Waals surface area contributed by atoms with Crippen molar-refractivity contribution < 1.29 is 4.79 Å². The van der Waals surface area contributed by atoms with E-state index in [1.54, 1.807) is 0 Å². The topological polar surface area (TPSA) is 56.7 Å². The number of nitrogens with zero attached hydrogens (tertiary/aromatic N) is 2. The van der Waals surface area contributed by atoms with E-state index in [-0.39, 0.29) is 34.6 Å². The van der Waals surface area contributed by atoms with Crippen LogP contribution in [0.3, 0.4) is 0 Å². The van der Waals surface area contributed by atoms with Gasteiger partial charge in [0.05, 0.1) is 0 Å². The number of halogens is 1. The van der Waals surface area contributed by atoms with Crippen molar-refractivity contribution in [3.8, 4) is 0 Å². The van der Waals surface area contributed by atoms with Crippen molar-refractivity contribution in [3.63, 3.8) is 0 Å². The Labute approximate surface area is 168 Å². The zero-order valence-corrected chi connectivity index (χ0v) is 18.4. The molecule has 7 heteroatoms. The summed E-state index contributed by atoms with van der Waals surface area (Å²) in [6.07, 6.45) is 6.61. The van der Waals surface area contributed by atoms with Crippen LogP contribution in [0.15, 0.2) is 4.99 Å². The Morgan fingerprint density at radius 2 is 2.00 bits per heavy atom. The van der Waals surface area contributed by atoms with E-state index in [2.05, 4.69) is 34.4 Å². The molecule has 2 rings (SSSR count). The zero-order valence-electron chi connectivity index (χ0n) is 15.3. The lowest BCUT2D eigenvalue weighted by Gasteiger charge is -2.39. The van der Waals surface area contributed by atoms with Gasteiger partial charge in [0.2, 0.25) is 5.91 Å². The largest absolute Gasteiger partial charge is 0.356 e. The Bertz CT molecular complexity index is 425. The highest BCUT2D eigenvalue weighted by Gasteiger charge is 2.28. The first-order chi connectivity index (χ1) is 11.0. The summed E-state index contributed by atoms with van der Waals surface area (Å²) in [5.41, 5.74) is 0. The smallest absolute Gasteiger partial charge is 0.221 e. The van der Waals surface area contributed by atoms with Gasteiger partial charge in [0.25, 0.3) is 0 Å². The fourth-order valence-electron chi connectivity index (χ4n) is 3.36. The van der Waals surface area contributed by atoms with Gasteiger partial charge >= 0.3 is 0 Å². The standard InChI is InChI=1S/C17H32N4OS.HI/c1-17(2)13-21(11-12-23-17)16(18-3)19-10-9-15(22)20-14-7-5-4-6-8-14;/h14H,4-13H2,1-3H3,(H,18,19)(H,20,22);1H. The van der Waals surface area contributed by atoms with E-state index in [0.29, 0.717) is 19.0 Å². The lowest BCUT2D eigenvalue weighted by molar-refractivity contribution is -0.121. The number of rotatable bonds is 4. The van der Waals surface area contributed by atoms with Crippen LogP contribution in [-0.2, 0) is 4.79 Å². The van der Waals surface area contributed by atoms with Gasteiger partial charge in [-0.3, -0.25) is 9.79 Å². The maximum absolute atomic E-state index is 12.1. The number of hydrogen-bond acceptors (Lipinski definition) is 3. The molecule has 2 fully saturated rings. The van der Waals surface area contributed by atoms with Gasteiger partial charge in [-0.2, -0.15) is 11.8 Å². The first kappa shape index (κ1) is 21.9. The van der Waals surface area contributed by atoms with Gasteiger partial charge < -0.3 is 15.5 Å². The lowest BCUT2D eigenvalue weighted by atomic mass is 9.95. The second kappa shape index (κ2) is 10.7. The molecule has 5 nitrogen and oxygen atoms in total. The van der Waals surface area contributed by atoms with Crippen molar-refractivity contribution in [1.29, 1.82) is 0 Å². The Kier molecular flexibility index (Phi) is 9.77. The van der Waals surface area contributed by atoms with Crippen molar-refractivity contribution in [2.75, 3.05) is 32.4 Å². The quantitative estimate of drug-likeness (QED) is 0.379. The third-order valence-electron chi connectivity index (χ3n) is 4.54. The third-order valence-corrected chi connectivity index (χ3v) is 5.84. The van der Waals surface area contributed by atoms with Crippen LogP contribution in [0.2, 0.25) is 0 Å². The van der Waals surface area contributed by atoms with Crippen molar-refractivity contribution in [1.82, 2.24) is 15.5 Å². The van der Waals surface area contributed by atoms with E-state index in [1.807, 2.05) is 18.8 Å². The van der Waals surface area contributed by atoms with Gasteiger partial charge in [-0.25, -0.2) is 0 Å². The predicted molar refractivity (Wildman–Crippen MR) is 115 cm³/mol. The highest BCUT2D eigenvalue weighted by molar-refractivity contribution is 14.0. The molecule has 0 atom stereocenters. The van der Waals surface area contributed by atoms with Gasteiger partial charge in [-0.05, 0) is 26.7 Å². The molecule has 1 amide bonds. The Morgan fingerprint density at radius 1 is 1.29 bits per heavy atom. The Balaban J connectivity index is 0.00000288. The molecule has 0 unspecified atom stereocenters. The summed E-state index contributed by atoms with van der Waals surface area (Å²) in [4.78, 5) is 18.7. The number of amides is 1. The maximum atomic E-state index is 12.1. The summed E-state index contributed by atoms with van der Waals surface area (Å²) in [6.45, 7) is 7.20. The molecule has 140 valence electrons. The van der Waals surface area contributed by atoms with Gasteiger partial charge in [-0.15, -0.1) is 24.0 Å². The second-order valence-corrected chi connectivity index (χ2v) is 8.96. The van der Waals surface area contributed by atoms with E-state index in [1.165, 1.54) is 19.3 Å². The molecular formula is C17H33IN4OS. The summed E-state index contributed by atoms with van der Waals surface area (Å²) >= 11 is 2.01. The van der Waals surface area contributed by atoms with Crippen molar-refractivity contribution in [2.24, 2.45) is 4.99 Å². The molecule has 1 saturated heterocycles. The zero-order chi connectivity index (χ0) is 16.7. The molecule has 2 N–H and O–H groups in total. The normalized spacial score (nSPS) is 21.8. The molecule has 0 aromatic carbocycles. The molecule has 1 saturated carbocycles. The van der Waals surface area contributed by atoms with Crippen LogP contribution in [0, 0.1) is 0 Å². The number of guanidine groups is 1. The van der Waals surface area contributed by atoms with Crippen LogP contribution in [0.4, 0.5) is 0 Å². The third kappa shape index (κ3) is 7.37. The van der Waals surface area contributed by atoms with E-state index < -0.39 is 0 Å². The maximum Gasteiger partial charge on any atom is 0.221 e. The van der Waals surface area contributed by atoms with E-state index in [0.717, 1.165) is 37.6 Å². The van der Waals surface area contributed by atoms with E-state index >= 15 is 0 Å². The fraction of sp³-hybridized carbons (Fsp3) is 0.882. The molecule has 0 spiro atoms. The number of carbonyl (C=O) groups is 1. The second-order valence-electron chi connectivity index (χ2n) is 7.16. The molecule has 24 heavy (non-hydrogen) atoms. The Hall–Kier alpha value is -0.180. The molecular weight excluding hydrogens is 435 g/mol. The minimum atomic E-state index is 0. The van der Waals surface area contributed by atoms with E-state index in [4.69, 9.17) is 0 Å². The monoisotopic (exact) mass is 468 g/mol. The summed E-state index contributed by atoms with van der Waals surface area (Å²) in [5, 5.41) is 6.52. The minimum Gasteiger partial charge on any atom is -0.356 e. The summed E-state index contributed by atoms with van der Waals surface area (Å²) in [6, 6.07) is 0.399. The van der Waals surface area contributed by atoms with Crippen molar-refractivity contribution in [2.45, 2.75) is 63.2 Å². The number of hydrogen-bond donors (Lipinski definition) is 2. The highest BCUT2D eigenvalue weighted by Crippen LogP contribution is 2.29. The van der Waals surface area contributed by atoms with Crippen LogP contribution < -0.4 is 10.6 Å². The van der Waals surface area contributed by atoms with Gasteiger partial charge in [-0.1, -0.05) is 19.3 Å². The van der Waals surface area contributed by atoms with Gasteiger partial charge in [0.1, 0.15) is 0 Å². The van der Waals surface area contributed by atoms with Crippen molar-refractivity contribution >= 4 is 47.6 Å². The van der Waals surface area contributed by atoms with Gasteiger partial charge in [0.15, 0.2) is 5.96 Å². The average molecular weight is 468 g/mol. The molecule has 0 bridgehead atoms. The number of carbonyl (C=O) groups excluding carboxylic acids is 1. The fourth-order valence-corrected chi connectivity index (χ4v) is 4.48. The molecule has 0 aromatic heterocycles. The number of thioether (sulfide) groups is 1. The molecule has 1 aliphatic heterocycles. The van der Waals surface area contributed by atoms with Crippen molar-refractivity contribution in [3.05, 3.63) is 0 Å². The molecule has 1 heterocycles. The van der Waals surface area contributed by atoms with Crippen LogP contribution in [0.5, 0.6) is 0 Å². The van der Waals surface area contributed by atoms with Crippen LogP contribution in [0.1, 0.15) is 52.4 Å². The van der Waals surface area contributed by atoms with E-state index in [9.17, 15) is 4.79 Å². The highest BCUT2D eigenvalue weighted by atomic mass is 127. The summed E-state index contributed by atoms with van der Waals surface area (Å²) in [5.74, 6) is 2.20. The molecule has 1 aliphatic carbocycles. The summed E-state index contributed by atoms with van der Waals surface area (Å²) < 4.78 is 0.258. The van der Waals surface area contributed by atoms with Crippen LogP contribution in [0.25, 0.3) is 0 Å². The summed E-state index contributed by atoms with van der Waals surface area (Å²) in [7, 11) is 1.82. The molecule has 2 aliphatic rings. The average Bonchev–Trinajstić information content (AvgIpc) is 2.51. The van der Waals surface area contributed by atoms with Crippen LogP contribution >= 0.6 is 35.7 Å². The molecule has 0 aromatic rings. The number of nitrogens with one attached hydrogen (secondary N) is 2. The van der Waals surface area contributed by atoms with Crippen LogP contribution in [-0.4, -0.2) is 60.0 Å². The first-order valence-corrected chi connectivity index (χ1v) is 9.88. The SMILES string of the molecule is CN=C(NCCC(=O)NC1CCCCC1)N1CCSC(C)(C)C1.I. The minimum absolute atomic E-state index is 0. The molecule has 0 radical (unpaired) electrons. The lowest BCUT2D eigenvalue weighted by Crippen LogP contribution is -2.51. The first-order valence-electron chi connectivity index (χ1n) is 8.89. The predicted octanol–water partition coefficient (Wildman–Crippen LogP) is 2.85. The Morgan fingerprint density at radius 3 is 2.62 bits per heavy atom.